The maximum atomic E-state index is 11.9. The van der Waals surface area contributed by atoms with Gasteiger partial charge in [-0.05, 0) is 38.0 Å². The van der Waals surface area contributed by atoms with E-state index in [4.69, 9.17) is 0 Å². The fraction of sp³-hybridized carbons (Fsp3) is 0.353. The van der Waals surface area contributed by atoms with Gasteiger partial charge in [-0.15, -0.1) is 0 Å². The molecule has 1 aliphatic heterocycles. The second-order valence-electron chi connectivity index (χ2n) is 6.65. The summed E-state index contributed by atoms with van der Waals surface area (Å²) < 4.78 is 0. The van der Waals surface area contributed by atoms with Crippen molar-refractivity contribution in [2.75, 3.05) is 12.0 Å². The van der Waals surface area contributed by atoms with E-state index in [1.54, 1.807) is 18.9 Å². The molecule has 0 atom stereocenters. The van der Waals surface area contributed by atoms with Gasteiger partial charge in [0.25, 0.3) is 0 Å². The number of hydrogen-bond donors (Lipinski definition) is 3. The summed E-state index contributed by atoms with van der Waals surface area (Å²) in [4.78, 5) is 23.8. The topological polar surface area (TPSA) is 94.1 Å². The molecular formula is C17H19N5O2. The molecule has 3 aromatic rings. The lowest BCUT2D eigenvalue weighted by molar-refractivity contribution is -0.126. The van der Waals surface area contributed by atoms with Crippen molar-refractivity contribution >= 4 is 33.7 Å². The van der Waals surface area contributed by atoms with Crippen LogP contribution in [-0.2, 0) is 10.4 Å². The Kier molecular flexibility index (Phi) is 3.21. The molecule has 0 radical (unpaired) electrons. The van der Waals surface area contributed by atoms with Crippen LogP contribution < -0.4 is 5.43 Å². The standard InChI is InChI=1S/C17H19N5O2/c1-17(2,24)10-5-6-12-11(8-10)14-15(20-12)18-9-19-16(14)21-22-7-3-4-13(22)23/h5-6,8-9,24H,3-4,7H2,1-2H3,(H2,18,19,20,21). The van der Waals surface area contributed by atoms with Gasteiger partial charge in [-0.3, -0.25) is 15.2 Å². The molecule has 0 bridgehead atoms. The van der Waals surface area contributed by atoms with E-state index >= 15 is 0 Å². The van der Waals surface area contributed by atoms with E-state index in [0.717, 1.165) is 28.3 Å². The molecule has 0 unspecified atom stereocenters. The van der Waals surface area contributed by atoms with Crippen molar-refractivity contribution in [1.82, 2.24) is 20.0 Å². The maximum absolute atomic E-state index is 11.9. The minimum absolute atomic E-state index is 0.0683. The number of nitrogens with zero attached hydrogens (tertiary/aromatic N) is 3. The number of H-pyrrole nitrogens is 1. The third kappa shape index (κ3) is 2.37. The zero-order valence-electron chi connectivity index (χ0n) is 13.6. The number of carbonyl (C=O) groups excluding carboxylic acids is 1. The van der Waals surface area contributed by atoms with Gasteiger partial charge >= 0.3 is 0 Å². The molecule has 1 saturated heterocycles. The van der Waals surface area contributed by atoms with Crippen molar-refractivity contribution in [3.8, 4) is 0 Å². The first-order chi connectivity index (χ1) is 11.4. The fourth-order valence-electron chi connectivity index (χ4n) is 3.08. The van der Waals surface area contributed by atoms with E-state index in [1.807, 2.05) is 18.2 Å². The molecular weight excluding hydrogens is 306 g/mol. The van der Waals surface area contributed by atoms with Gasteiger partial charge in [0.15, 0.2) is 5.82 Å². The van der Waals surface area contributed by atoms with Crippen LogP contribution in [0.25, 0.3) is 21.9 Å². The predicted octanol–water partition coefficient (Wildman–Crippen LogP) is 2.29. The van der Waals surface area contributed by atoms with Gasteiger partial charge < -0.3 is 10.1 Å². The number of anilines is 1. The summed E-state index contributed by atoms with van der Waals surface area (Å²) in [5.41, 5.74) is 4.60. The molecule has 3 heterocycles. The van der Waals surface area contributed by atoms with E-state index in [1.165, 1.54) is 6.33 Å². The van der Waals surface area contributed by atoms with Crippen LogP contribution in [0.5, 0.6) is 0 Å². The zero-order valence-corrected chi connectivity index (χ0v) is 13.6. The highest BCUT2D eigenvalue weighted by Gasteiger charge is 2.23. The minimum atomic E-state index is -0.939. The summed E-state index contributed by atoms with van der Waals surface area (Å²) in [7, 11) is 0. The average molecular weight is 325 g/mol. The summed E-state index contributed by atoms with van der Waals surface area (Å²) in [5.74, 6) is 0.660. The summed E-state index contributed by atoms with van der Waals surface area (Å²) in [6, 6.07) is 5.76. The number of amides is 1. The Hall–Kier alpha value is -2.67. The zero-order chi connectivity index (χ0) is 16.9. The molecule has 0 saturated carbocycles. The van der Waals surface area contributed by atoms with Gasteiger partial charge in [0.2, 0.25) is 5.91 Å². The van der Waals surface area contributed by atoms with Gasteiger partial charge in [0, 0.05) is 23.9 Å². The van der Waals surface area contributed by atoms with E-state index in [-0.39, 0.29) is 5.91 Å². The van der Waals surface area contributed by atoms with Crippen molar-refractivity contribution in [3.63, 3.8) is 0 Å². The third-order valence-corrected chi connectivity index (χ3v) is 4.41. The van der Waals surface area contributed by atoms with E-state index in [2.05, 4.69) is 20.4 Å². The number of nitrogens with one attached hydrogen (secondary N) is 2. The Morgan fingerprint density at radius 1 is 1.33 bits per heavy atom. The lowest BCUT2D eigenvalue weighted by Crippen LogP contribution is -2.31. The Morgan fingerprint density at radius 3 is 2.88 bits per heavy atom. The number of aliphatic hydroxyl groups is 1. The molecule has 24 heavy (non-hydrogen) atoms. The smallest absolute Gasteiger partial charge is 0.241 e. The number of aromatic nitrogens is 3. The molecule has 7 nitrogen and oxygen atoms in total. The Morgan fingerprint density at radius 2 is 2.17 bits per heavy atom. The molecule has 7 heteroatoms. The van der Waals surface area contributed by atoms with Gasteiger partial charge in [-0.2, -0.15) is 0 Å². The van der Waals surface area contributed by atoms with Crippen molar-refractivity contribution < 1.29 is 9.90 Å². The summed E-state index contributed by atoms with van der Waals surface area (Å²) >= 11 is 0. The van der Waals surface area contributed by atoms with Crippen LogP contribution in [-0.4, -0.2) is 37.5 Å². The molecule has 3 N–H and O–H groups in total. The number of benzene rings is 1. The Labute approximate surface area is 138 Å². The highest BCUT2D eigenvalue weighted by molar-refractivity contribution is 6.11. The first kappa shape index (κ1) is 14.9. The van der Waals surface area contributed by atoms with E-state index in [0.29, 0.717) is 24.4 Å². The van der Waals surface area contributed by atoms with Gasteiger partial charge in [-0.25, -0.2) is 9.97 Å². The van der Waals surface area contributed by atoms with Gasteiger partial charge in [-0.1, -0.05) is 6.07 Å². The molecule has 1 aliphatic rings. The van der Waals surface area contributed by atoms with Crippen LogP contribution in [0.15, 0.2) is 24.5 Å². The third-order valence-electron chi connectivity index (χ3n) is 4.41. The minimum Gasteiger partial charge on any atom is -0.386 e. The lowest BCUT2D eigenvalue weighted by atomic mass is 9.97. The number of rotatable bonds is 3. The maximum Gasteiger partial charge on any atom is 0.241 e. The van der Waals surface area contributed by atoms with Crippen molar-refractivity contribution in [1.29, 1.82) is 0 Å². The van der Waals surface area contributed by atoms with E-state index in [9.17, 15) is 9.90 Å². The molecule has 124 valence electrons. The van der Waals surface area contributed by atoms with Crippen LogP contribution in [0.3, 0.4) is 0 Å². The Balaban J connectivity index is 1.89. The number of carbonyl (C=O) groups is 1. The average Bonchev–Trinajstić information content (AvgIpc) is 3.10. The number of fused-ring (bicyclic) bond motifs is 3. The SMILES string of the molecule is CC(C)(O)c1ccc2[nH]c3ncnc(NN4CCCC4=O)c3c2c1. The molecule has 1 amide bonds. The first-order valence-electron chi connectivity index (χ1n) is 8.00. The van der Waals surface area contributed by atoms with Crippen molar-refractivity contribution in [2.24, 2.45) is 0 Å². The van der Waals surface area contributed by atoms with Crippen LogP contribution >= 0.6 is 0 Å². The predicted molar refractivity (Wildman–Crippen MR) is 91.2 cm³/mol. The molecule has 0 aliphatic carbocycles. The molecule has 2 aromatic heterocycles. The van der Waals surface area contributed by atoms with Gasteiger partial charge in [0.1, 0.15) is 12.0 Å². The fourth-order valence-corrected chi connectivity index (χ4v) is 3.08. The van der Waals surface area contributed by atoms with E-state index < -0.39 is 5.60 Å². The number of hydrazine groups is 1. The van der Waals surface area contributed by atoms with Gasteiger partial charge in [0.05, 0.1) is 11.0 Å². The monoisotopic (exact) mass is 325 g/mol. The first-order valence-corrected chi connectivity index (χ1v) is 8.00. The quantitative estimate of drug-likeness (QED) is 0.687. The second kappa shape index (κ2) is 5.17. The normalized spacial score (nSPS) is 15.6. The number of aromatic amines is 1. The summed E-state index contributed by atoms with van der Waals surface area (Å²) in [5, 5.41) is 13.6. The number of hydrogen-bond acceptors (Lipinski definition) is 5. The van der Waals surface area contributed by atoms with Crippen LogP contribution in [0.4, 0.5) is 5.82 Å². The molecule has 0 spiro atoms. The van der Waals surface area contributed by atoms with Crippen LogP contribution in [0.2, 0.25) is 0 Å². The second-order valence-corrected chi connectivity index (χ2v) is 6.65. The summed E-state index contributed by atoms with van der Waals surface area (Å²) in [6.45, 7) is 4.17. The van der Waals surface area contributed by atoms with Crippen molar-refractivity contribution in [3.05, 3.63) is 30.1 Å². The van der Waals surface area contributed by atoms with Crippen LogP contribution in [0, 0.1) is 0 Å². The van der Waals surface area contributed by atoms with Crippen molar-refractivity contribution in [2.45, 2.75) is 32.3 Å². The summed E-state index contributed by atoms with van der Waals surface area (Å²) in [6.07, 6.45) is 2.87. The molecule has 4 rings (SSSR count). The Bertz CT molecular complexity index is 941. The largest absolute Gasteiger partial charge is 0.386 e. The lowest BCUT2D eigenvalue weighted by Gasteiger charge is -2.19. The molecule has 1 fully saturated rings. The highest BCUT2D eigenvalue weighted by atomic mass is 16.3. The van der Waals surface area contributed by atoms with Crippen LogP contribution in [0.1, 0.15) is 32.3 Å². The highest BCUT2D eigenvalue weighted by Crippen LogP contribution is 2.32. The molecule has 1 aromatic carbocycles.